The summed E-state index contributed by atoms with van der Waals surface area (Å²) in [5, 5.41) is 17.6. The molecular weight excluding hydrogens is 378 g/mol. The summed E-state index contributed by atoms with van der Waals surface area (Å²) in [4.78, 5) is 23.5. The Morgan fingerprint density at radius 3 is 2.46 bits per heavy atom. The molecule has 0 saturated heterocycles. The van der Waals surface area contributed by atoms with Crippen LogP contribution in [-0.2, 0) is 0 Å². The van der Waals surface area contributed by atoms with E-state index in [0.717, 1.165) is 5.56 Å². The maximum atomic E-state index is 12.8. The second kappa shape index (κ2) is 8.54. The third-order valence-electron chi connectivity index (χ3n) is 4.21. The summed E-state index contributed by atoms with van der Waals surface area (Å²) >= 11 is 5.96. The minimum absolute atomic E-state index is 0.0969. The fraction of sp³-hybridized carbons (Fsp3) is 0.0952. The van der Waals surface area contributed by atoms with Gasteiger partial charge in [0.15, 0.2) is 0 Å². The lowest BCUT2D eigenvalue weighted by Crippen LogP contribution is -2.16. The van der Waals surface area contributed by atoms with E-state index in [4.69, 9.17) is 11.6 Å². The van der Waals surface area contributed by atoms with Crippen molar-refractivity contribution in [3.05, 3.63) is 99.1 Å². The molecule has 0 aliphatic heterocycles. The van der Waals surface area contributed by atoms with Crippen LogP contribution in [0.1, 0.15) is 28.9 Å². The molecule has 142 valence electrons. The molecule has 0 aromatic heterocycles. The average molecular weight is 396 g/mol. The molecule has 6 nitrogen and oxygen atoms in total. The van der Waals surface area contributed by atoms with Gasteiger partial charge < -0.3 is 10.6 Å². The summed E-state index contributed by atoms with van der Waals surface area (Å²) < 4.78 is 0. The van der Waals surface area contributed by atoms with Gasteiger partial charge in [-0.2, -0.15) is 0 Å². The van der Waals surface area contributed by atoms with E-state index in [-0.39, 0.29) is 17.3 Å². The zero-order valence-corrected chi connectivity index (χ0v) is 15.8. The van der Waals surface area contributed by atoms with Crippen LogP contribution in [0.2, 0.25) is 5.02 Å². The van der Waals surface area contributed by atoms with Gasteiger partial charge in [-0.05, 0) is 36.8 Å². The minimum atomic E-state index is -0.527. The van der Waals surface area contributed by atoms with E-state index < -0.39 is 10.8 Å². The van der Waals surface area contributed by atoms with E-state index in [0.29, 0.717) is 16.4 Å². The van der Waals surface area contributed by atoms with E-state index in [1.54, 1.807) is 30.3 Å². The lowest BCUT2D eigenvalue weighted by Gasteiger charge is -2.18. The Morgan fingerprint density at radius 1 is 1.04 bits per heavy atom. The van der Waals surface area contributed by atoms with Crippen LogP contribution in [0.15, 0.2) is 72.8 Å². The number of amides is 1. The first-order chi connectivity index (χ1) is 13.4. The summed E-state index contributed by atoms with van der Waals surface area (Å²) in [5.74, 6) is -0.464. The number of anilines is 2. The predicted octanol–water partition coefficient (Wildman–Crippen LogP) is 5.67. The van der Waals surface area contributed by atoms with Crippen LogP contribution < -0.4 is 10.6 Å². The highest BCUT2D eigenvalue weighted by molar-refractivity contribution is 6.31. The van der Waals surface area contributed by atoms with Gasteiger partial charge in [0, 0.05) is 34.6 Å². The van der Waals surface area contributed by atoms with Gasteiger partial charge in [-0.15, -0.1) is 0 Å². The van der Waals surface area contributed by atoms with Crippen LogP contribution in [0.4, 0.5) is 17.1 Å². The maximum absolute atomic E-state index is 12.8. The molecule has 0 heterocycles. The smallest absolute Gasteiger partial charge is 0.270 e. The molecule has 1 unspecified atom stereocenters. The Kier molecular flexibility index (Phi) is 5.91. The molecule has 0 radical (unpaired) electrons. The van der Waals surface area contributed by atoms with Gasteiger partial charge in [0.05, 0.1) is 10.5 Å². The molecule has 3 aromatic rings. The molecule has 1 amide bonds. The summed E-state index contributed by atoms with van der Waals surface area (Å²) in [5.41, 5.74) is 2.06. The number of hydrogen-bond donors (Lipinski definition) is 2. The summed E-state index contributed by atoms with van der Waals surface area (Å²) in [6.45, 7) is 1.95. The van der Waals surface area contributed by atoms with Crippen molar-refractivity contribution in [1.82, 2.24) is 0 Å². The fourth-order valence-corrected chi connectivity index (χ4v) is 2.97. The van der Waals surface area contributed by atoms with Gasteiger partial charge in [0.1, 0.15) is 0 Å². The normalized spacial score (nSPS) is 11.5. The van der Waals surface area contributed by atoms with Crippen molar-refractivity contribution in [3.63, 3.8) is 0 Å². The fourth-order valence-electron chi connectivity index (χ4n) is 2.78. The number of nitrogens with zero attached hydrogens (tertiary/aromatic N) is 1. The zero-order chi connectivity index (χ0) is 20.1. The number of benzene rings is 3. The summed E-state index contributed by atoms with van der Waals surface area (Å²) in [6.07, 6.45) is 0. The minimum Gasteiger partial charge on any atom is -0.378 e. The Morgan fingerprint density at radius 2 is 1.79 bits per heavy atom. The second-order valence-corrected chi connectivity index (χ2v) is 6.66. The van der Waals surface area contributed by atoms with Crippen molar-refractivity contribution >= 4 is 34.6 Å². The van der Waals surface area contributed by atoms with Crippen molar-refractivity contribution in [1.29, 1.82) is 0 Å². The van der Waals surface area contributed by atoms with Crippen LogP contribution >= 0.6 is 11.6 Å². The molecule has 0 bridgehead atoms. The van der Waals surface area contributed by atoms with Gasteiger partial charge in [-0.1, -0.05) is 48.0 Å². The predicted molar refractivity (Wildman–Crippen MR) is 111 cm³/mol. The summed E-state index contributed by atoms with van der Waals surface area (Å²) in [7, 11) is 0. The molecule has 0 fully saturated rings. The SMILES string of the molecule is CC(Nc1ccc([N+](=O)[O-])cc1C(=O)Nc1cccc(Cl)c1)c1ccccc1. The monoisotopic (exact) mass is 395 g/mol. The second-order valence-electron chi connectivity index (χ2n) is 6.23. The van der Waals surface area contributed by atoms with Crippen LogP contribution in [0.25, 0.3) is 0 Å². The third kappa shape index (κ3) is 4.66. The number of nitro benzene ring substituents is 1. The van der Waals surface area contributed by atoms with Crippen molar-refractivity contribution in [2.24, 2.45) is 0 Å². The quantitative estimate of drug-likeness (QED) is 0.415. The van der Waals surface area contributed by atoms with Gasteiger partial charge in [0.25, 0.3) is 11.6 Å². The lowest BCUT2D eigenvalue weighted by atomic mass is 10.1. The standard InChI is InChI=1S/C21H18ClN3O3/c1-14(15-6-3-2-4-7-15)23-20-11-10-18(25(27)28)13-19(20)21(26)24-17-9-5-8-16(22)12-17/h2-14,23H,1H3,(H,24,26). The molecule has 1 atom stereocenters. The first kappa shape index (κ1) is 19.4. The van der Waals surface area contributed by atoms with Crippen LogP contribution in [0, 0.1) is 10.1 Å². The number of hydrogen-bond acceptors (Lipinski definition) is 4. The zero-order valence-electron chi connectivity index (χ0n) is 15.1. The number of carbonyl (C=O) groups is 1. The van der Waals surface area contributed by atoms with Gasteiger partial charge in [-0.3, -0.25) is 14.9 Å². The molecule has 0 saturated carbocycles. The van der Waals surface area contributed by atoms with Crippen molar-refractivity contribution in [2.75, 3.05) is 10.6 Å². The topological polar surface area (TPSA) is 84.3 Å². The maximum Gasteiger partial charge on any atom is 0.270 e. The number of non-ortho nitro benzene ring substituents is 1. The largest absolute Gasteiger partial charge is 0.378 e. The first-order valence-corrected chi connectivity index (χ1v) is 8.98. The molecule has 3 rings (SSSR count). The number of carbonyl (C=O) groups excluding carboxylic acids is 1. The van der Waals surface area contributed by atoms with E-state index in [1.165, 1.54) is 12.1 Å². The van der Waals surface area contributed by atoms with Crippen LogP contribution in [0.5, 0.6) is 0 Å². The Hall–Kier alpha value is -3.38. The van der Waals surface area contributed by atoms with Gasteiger partial charge in [-0.25, -0.2) is 0 Å². The highest BCUT2D eigenvalue weighted by atomic mass is 35.5. The summed E-state index contributed by atoms with van der Waals surface area (Å²) in [6, 6.07) is 20.5. The molecule has 3 aromatic carbocycles. The highest BCUT2D eigenvalue weighted by Gasteiger charge is 2.18. The van der Waals surface area contributed by atoms with E-state index >= 15 is 0 Å². The van der Waals surface area contributed by atoms with Crippen LogP contribution in [-0.4, -0.2) is 10.8 Å². The van der Waals surface area contributed by atoms with Crippen molar-refractivity contribution in [2.45, 2.75) is 13.0 Å². The Balaban J connectivity index is 1.91. The Bertz CT molecular complexity index is 1010. The van der Waals surface area contributed by atoms with Gasteiger partial charge in [0.2, 0.25) is 0 Å². The highest BCUT2D eigenvalue weighted by Crippen LogP contribution is 2.27. The molecule has 0 spiro atoms. The average Bonchev–Trinajstić information content (AvgIpc) is 2.68. The first-order valence-electron chi connectivity index (χ1n) is 8.61. The molecule has 0 aliphatic rings. The van der Waals surface area contributed by atoms with Crippen molar-refractivity contribution < 1.29 is 9.72 Å². The lowest BCUT2D eigenvalue weighted by molar-refractivity contribution is -0.384. The molecule has 0 aliphatic carbocycles. The number of nitro groups is 1. The van der Waals surface area contributed by atoms with Gasteiger partial charge >= 0.3 is 0 Å². The Labute approximate surface area is 167 Å². The molecular formula is C21H18ClN3O3. The van der Waals surface area contributed by atoms with E-state index in [2.05, 4.69) is 10.6 Å². The third-order valence-corrected chi connectivity index (χ3v) is 4.45. The number of nitrogens with one attached hydrogen (secondary N) is 2. The van der Waals surface area contributed by atoms with Crippen molar-refractivity contribution in [3.8, 4) is 0 Å². The van der Waals surface area contributed by atoms with E-state index in [9.17, 15) is 14.9 Å². The molecule has 2 N–H and O–H groups in total. The number of halogens is 1. The molecule has 7 heteroatoms. The van der Waals surface area contributed by atoms with Crippen LogP contribution in [0.3, 0.4) is 0 Å². The molecule has 28 heavy (non-hydrogen) atoms. The number of rotatable bonds is 6. The van der Waals surface area contributed by atoms with E-state index in [1.807, 2.05) is 37.3 Å².